The summed E-state index contributed by atoms with van der Waals surface area (Å²) in [7, 11) is 0. The Morgan fingerprint density at radius 2 is 2.00 bits per heavy atom. The summed E-state index contributed by atoms with van der Waals surface area (Å²) in [6.45, 7) is 3.37. The van der Waals surface area contributed by atoms with E-state index in [0.29, 0.717) is 12.4 Å². The second-order valence-corrected chi connectivity index (χ2v) is 7.60. The number of carbonyl (C=O) groups excluding carboxylic acids is 1. The van der Waals surface area contributed by atoms with Gasteiger partial charge in [0.2, 0.25) is 5.91 Å². The summed E-state index contributed by atoms with van der Waals surface area (Å²) >= 11 is 1.57. The zero-order valence-corrected chi connectivity index (χ0v) is 16.5. The van der Waals surface area contributed by atoms with E-state index in [4.69, 9.17) is 4.74 Å². The van der Waals surface area contributed by atoms with Gasteiger partial charge >= 0.3 is 0 Å². The van der Waals surface area contributed by atoms with Crippen LogP contribution in [0.1, 0.15) is 29.8 Å². The molecule has 1 amide bonds. The predicted molar refractivity (Wildman–Crippen MR) is 112 cm³/mol. The van der Waals surface area contributed by atoms with Crippen molar-refractivity contribution >= 4 is 28.6 Å². The molecule has 4 nitrogen and oxygen atoms in total. The zero-order valence-electron chi connectivity index (χ0n) is 15.7. The summed E-state index contributed by atoms with van der Waals surface area (Å²) in [4.78, 5) is 18.5. The second kappa shape index (κ2) is 7.69. The van der Waals surface area contributed by atoms with Gasteiger partial charge in [-0.2, -0.15) is 11.8 Å². The number of aromatic nitrogens is 1. The average molecular weight is 381 g/mol. The number of thioether (sulfide) groups is 1. The molecule has 0 bridgehead atoms. The maximum absolute atomic E-state index is 12.8. The number of nitrogens with zero attached hydrogens (tertiary/aromatic N) is 1. The molecule has 2 heterocycles. The van der Waals surface area contributed by atoms with E-state index in [9.17, 15) is 4.79 Å². The minimum atomic E-state index is -0.0866. The summed E-state index contributed by atoms with van der Waals surface area (Å²) in [6, 6.07) is 16.5. The van der Waals surface area contributed by atoms with E-state index in [1.807, 2.05) is 36.3 Å². The van der Waals surface area contributed by atoms with Crippen molar-refractivity contribution in [3.05, 3.63) is 65.4 Å². The van der Waals surface area contributed by atoms with Gasteiger partial charge in [-0.05, 0) is 48.9 Å². The topological polar surface area (TPSA) is 45.3 Å². The van der Waals surface area contributed by atoms with Crippen LogP contribution in [0.25, 0.3) is 10.9 Å². The van der Waals surface area contributed by atoms with Gasteiger partial charge in [0.25, 0.3) is 0 Å². The van der Waals surface area contributed by atoms with Crippen LogP contribution in [-0.2, 0) is 11.2 Å². The van der Waals surface area contributed by atoms with Crippen molar-refractivity contribution in [1.82, 2.24) is 9.88 Å². The van der Waals surface area contributed by atoms with Crippen molar-refractivity contribution in [3.8, 4) is 5.75 Å². The summed E-state index contributed by atoms with van der Waals surface area (Å²) in [5.41, 5.74) is 4.72. The number of para-hydroxylation sites is 1. The molecule has 0 fully saturated rings. The Bertz CT molecular complexity index is 949. The van der Waals surface area contributed by atoms with E-state index in [2.05, 4.69) is 35.3 Å². The van der Waals surface area contributed by atoms with Crippen LogP contribution < -0.4 is 4.74 Å². The van der Waals surface area contributed by atoms with Crippen LogP contribution in [0.4, 0.5) is 0 Å². The van der Waals surface area contributed by atoms with Crippen molar-refractivity contribution in [2.45, 2.75) is 19.4 Å². The molecule has 1 N–H and O–H groups in total. The number of aromatic amines is 1. The van der Waals surface area contributed by atoms with Crippen molar-refractivity contribution in [2.75, 3.05) is 25.2 Å². The van der Waals surface area contributed by atoms with Gasteiger partial charge in [-0.15, -0.1) is 0 Å². The van der Waals surface area contributed by atoms with Gasteiger partial charge < -0.3 is 14.6 Å². The molecule has 0 saturated carbocycles. The maximum atomic E-state index is 12.8. The molecule has 0 unspecified atom stereocenters. The number of amides is 1. The minimum absolute atomic E-state index is 0.0866. The molecular formula is C22H24N2O2S. The highest BCUT2D eigenvalue weighted by Crippen LogP contribution is 2.39. The van der Waals surface area contributed by atoms with Crippen LogP contribution in [0.3, 0.4) is 0 Å². The lowest BCUT2D eigenvalue weighted by Gasteiger charge is -2.36. The van der Waals surface area contributed by atoms with Crippen LogP contribution in [0, 0.1) is 0 Å². The fraction of sp³-hybridized carbons (Fsp3) is 0.318. The molecule has 27 heavy (non-hydrogen) atoms. The fourth-order valence-electron chi connectivity index (χ4n) is 3.98. The summed E-state index contributed by atoms with van der Waals surface area (Å²) in [5.74, 6) is 1.55. The Morgan fingerprint density at radius 3 is 2.74 bits per heavy atom. The number of carbonyl (C=O) groups is 1. The Hall–Kier alpha value is -2.40. The first-order valence-electron chi connectivity index (χ1n) is 9.33. The molecule has 1 aliphatic heterocycles. The molecule has 140 valence electrons. The predicted octanol–water partition coefficient (Wildman–Crippen LogP) is 4.40. The van der Waals surface area contributed by atoms with E-state index in [1.165, 1.54) is 10.9 Å². The highest BCUT2D eigenvalue weighted by atomic mass is 32.2. The standard InChI is InChI=1S/C22H24N2O2S/c1-3-26-16-10-8-15(9-11-16)22-21-18(12-13-24(22)20(25)14-27-2)17-6-4-5-7-19(17)23-21/h4-11,22-23H,3,12-14H2,1-2H3/t22-/m0/s1. The molecule has 5 heteroatoms. The van der Waals surface area contributed by atoms with Crippen LogP contribution in [0.2, 0.25) is 0 Å². The van der Waals surface area contributed by atoms with Gasteiger partial charge in [0.1, 0.15) is 5.75 Å². The van der Waals surface area contributed by atoms with Crippen molar-refractivity contribution in [3.63, 3.8) is 0 Å². The molecule has 3 aromatic rings. The average Bonchev–Trinajstić information content (AvgIpc) is 3.07. The Labute approximate surface area is 163 Å². The molecule has 2 aromatic carbocycles. The van der Waals surface area contributed by atoms with Gasteiger partial charge in [0, 0.05) is 23.1 Å². The van der Waals surface area contributed by atoms with Crippen LogP contribution in [0.5, 0.6) is 5.75 Å². The summed E-state index contributed by atoms with van der Waals surface area (Å²) in [5, 5.41) is 1.26. The monoisotopic (exact) mass is 380 g/mol. The van der Waals surface area contributed by atoms with E-state index in [-0.39, 0.29) is 11.9 Å². The molecule has 1 atom stereocenters. The molecular weight excluding hydrogens is 356 g/mol. The number of hydrogen-bond acceptors (Lipinski definition) is 3. The molecule has 4 rings (SSSR count). The molecule has 0 radical (unpaired) electrons. The molecule has 0 saturated heterocycles. The lowest BCUT2D eigenvalue weighted by atomic mass is 9.92. The van der Waals surface area contributed by atoms with Crippen LogP contribution in [-0.4, -0.2) is 41.0 Å². The molecule has 1 aliphatic rings. The smallest absolute Gasteiger partial charge is 0.233 e. The Kier molecular flexibility index (Phi) is 5.12. The highest BCUT2D eigenvalue weighted by Gasteiger charge is 2.34. The number of fused-ring (bicyclic) bond motifs is 3. The maximum Gasteiger partial charge on any atom is 0.233 e. The van der Waals surface area contributed by atoms with Crippen LogP contribution >= 0.6 is 11.8 Å². The number of hydrogen-bond donors (Lipinski definition) is 1. The lowest BCUT2D eigenvalue weighted by molar-refractivity contribution is -0.130. The summed E-state index contributed by atoms with van der Waals surface area (Å²) < 4.78 is 5.59. The molecule has 0 spiro atoms. The minimum Gasteiger partial charge on any atom is -0.494 e. The number of benzene rings is 2. The third-order valence-electron chi connectivity index (χ3n) is 5.13. The SMILES string of the molecule is CCOc1ccc([C@H]2c3[nH]c4ccccc4c3CCN2C(=O)CSC)cc1. The largest absolute Gasteiger partial charge is 0.494 e. The zero-order chi connectivity index (χ0) is 18.8. The number of nitrogens with one attached hydrogen (secondary N) is 1. The Balaban J connectivity index is 1.81. The number of ether oxygens (including phenoxy) is 1. The van der Waals surface area contributed by atoms with E-state index in [1.54, 1.807) is 11.8 Å². The van der Waals surface area contributed by atoms with E-state index < -0.39 is 0 Å². The van der Waals surface area contributed by atoms with Gasteiger partial charge in [-0.3, -0.25) is 4.79 Å². The fourth-order valence-corrected chi connectivity index (χ4v) is 4.39. The number of rotatable bonds is 5. The van der Waals surface area contributed by atoms with Gasteiger partial charge in [-0.1, -0.05) is 30.3 Å². The lowest BCUT2D eigenvalue weighted by Crippen LogP contribution is -2.41. The first-order chi connectivity index (χ1) is 13.2. The Morgan fingerprint density at radius 1 is 1.22 bits per heavy atom. The van der Waals surface area contributed by atoms with Gasteiger partial charge in [-0.25, -0.2) is 0 Å². The second-order valence-electron chi connectivity index (χ2n) is 6.74. The quantitative estimate of drug-likeness (QED) is 0.713. The molecule has 1 aromatic heterocycles. The first kappa shape index (κ1) is 18.0. The third kappa shape index (κ3) is 3.32. The van der Waals surface area contributed by atoms with Gasteiger partial charge in [0.15, 0.2) is 0 Å². The third-order valence-corrected chi connectivity index (χ3v) is 5.67. The normalized spacial score (nSPS) is 16.4. The van der Waals surface area contributed by atoms with Gasteiger partial charge in [0.05, 0.1) is 18.4 Å². The van der Waals surface area contributed by atoms with Crippen molar-refractivity contribution in [2.24, 2.45) is 0 Å². The van der Waals surface area contributed by atoms with Crippen molar-refractivity contribution in [1.29, 1.82) is 0 Å². The van der Waals surface area contributed by atoms with Crippen LogP contribution in [0.15, 0.2) is 48.5 Å². The molecule has 0 aliphatic carbocycles. The van der Waals surface area contributed by atoms with Crippen molar-refractivity contribution < 1.29 is 9.53 Å². The first-order valence-corrected chi connectivity index (χ1v) is 10.7. The van der Waals surface area contributed by atoms with E-state index in [0.717, 1.165) is 35.5 Å². The van der Waals surface area contributed by atoms with E-state index >= 15 is 0 Å². The number of H-pyrrole nitrogens is 1. The highest BCUT2D eigenvalue weighted by molar-refractivity contribution is 7.99. The summed E-state index contributed by atoms with van der Waals surface area (Å²) in [6.07, 6.45) is 2.86.